The highest BCUT2D eigenvalue weighted by molar-refractivity contribution is 6.30. The largest absolute Gasteiger partial charge is 0.493 e. The summed E-state index contributed by atoms with van der Waals surface area (Å²) < 4.78 is 11.8. The Balaban J connectivity index is 1.20. The molecule has 1 saturated carbocycles. The number of hydrogen-bond donors (Lipinski definition) is 0. The van der Waals surface area contributed by atoms with Crippen LogP contribution in [0.4, 0.5) is 11.4 Å². The fourth-order valence-electron chi connectivity index (χ4n) is 7.57. The smallest absolute Gasteiger partial charge is 0.232 e. The summed E-state index contributed by atoms with van der Waals surface area (Å²) in [6.45, 7) is 9.87. The maximum Gasteiger partial charge on any atom is 0.232 e. The molecule has 246 valence electrons. The van der Waals surface area contributed by atoms with E-state index in [0.717, 1.165) is 35.0 Å². The van der Waals surface area contributed by atoms with Gasteiger partial charge in [0, 0.05) is 62.2 Å². The SMILES string of the molecule is COc1cc2c(cc1OC(C)C)C(c1ccc(Cl)cc1)N(c1ccc(N(C)CC3CCC(N4CCN(C)CC4)CC3)cc1)C(=O)C2. The van der Waals surface area contributed by atoms with E-state index in [9.17, 15) is 4.79 Å². The van der Waals surface area contributed by atoms with E-state index < -0.39 is 0 Å². The number of methoxy groups -OCH3 is 1. The van der Waals surface area contributed by atoms with Gasteiger partial charge in [0.05, 0.1) is 25.7 Å². The molecule has 0 bridgehead atoms. The molecule has 6 rings (SSSR count). The molecule has 46 heavy (non-hydrogen) atoms. The first kappa shape index (κ1) is 32.7. The van der Waals surface area contributed by atoms with Gasteiger partial charge >= 0.3 is 0 Å². The summed E-state index contributed by atoms with van der Waals surface area (Å²) in [5, 5.41) is 0.663. The molecule has 2 aliphatic heterocycles. The van der Waals surface area contributed by atoms with Gasteiger partial charge in [-0.15, -0.1) is 0 Å². The highest BCUT2D eigenvalue weighted by Gasteiger charge is 2.36. The molecule has 2 fully saturated rings. The van der Waals surface area contributed by atoms with Crippen LogP contribution in [0.3, 0.4) is 0 Å². The van der Waals surface area contributed by atoms with Gasteiger partial charge < -0.3 is 24.2 Å². The highest BCUT2D eigenvalue weighted by Crippen LogP contribution is 2.44. The first-order valence-corrected chi connectivity index (χ1v) is 17.3. The van der Waals surface area contributed by atoms with Crippen LogP contribution in [-0.2, 0) is 11.2 Å². The highest BCUT2D eigenvalue weighted by atomic mass is 35.5. The summed E-state index contributed by atoms with van der Waals surface area (Å²) in [5.41, 5.74) is 5.03. The lowest BCUT2D eigenvalue weighted by Gasteiger charge is -2.41. The molecular weight excluding hydrogens is 596 g/mol. The predicted molar refractivity (Wildman–Crippen MR) is 188 cm³/mol. The summed E-state index contributed by atoms with van der Waals surface area (Å²) in [6, 6.07) is 20.7. The van der Waals surface area contributed by atoms with Gasteiger partial charge in [-0.05, 0) is 118 Å². The lowest BCUT2D eigenvalue weighted by atomic mass is 9.84. The van der Waals surface area contributed by atoms with Crippen LogP contribution in [0.2, 0.25) is 5.02 Å². The number of nitrogens with zero attached hydrogens (tertiary/aromatic N) is 4. The minimum Gasteiger partial charge on any atom is -0.493 e. The zero-order chi connectivity index (χ0) is 32.4. The maximum atomic E-state index is 13.9. The van der Waals surface area contributed by atoms with Gasteiger partial charge in [-0.3, -0.25) is 9.69 Å². The van der Waals surface area contributed by atoms with Crippen LogP contribution >= 0.6 is 11.6 Å². The molecule has 3 aromatic rings. The molecular formula is C38H49ClN4O3. The van der Waals surface area contributed by atoms with Crippen LogP contribution in [0.5, 0.6) is 11.5 Å². The van der Waals surface area contributed by atoms with E-state index in [2.05, 4.69) is 53.1 Å². The molecule has 0 radical (unpaired) electrons. The van der Waals surface area contributed by atoms with Crippen LogP contribution in [-0.4, -0.2) is 81.8 Å². The van der Waals surface area contributed by atoms with Crippen LogP contribution in [0.25, 0.3) is 0 Å². The lowest BCUT2D eigenvalue weighted by molar-refractivity contribution is -0.118. The van der Waals surface area contributed by atoms with Gasteiger partial charge in [0.25, 0.3) is 0 Å². The number of fused-ring (bicyclic) bond motifs is 1. The van der Waals surface area contributed by atoms with E-state index in [1.54, 1.807) is 7.11 Å². The molecule has 1 atom stereocenters. The number of hydrogen-bond acceptors (Lipinski definition) is 6. The molecule has 0 spiro atoms. The first-order chi connectivity index (χ1) is 22.2. The van der Waals surface area contributed by atoms with Crippen molar-refractivity contribution in [3.05, 3.63) is 82.4 Å². The van der Waals surface area contributed by atoms with E-state index in [1.165, 1.54) is 57.5 Å². The number of likely N-dealkylation sites (N-methyl/N-ethyl adjacent to an activating group) is 1. The molecule has 3 aromatic carbocycles. The van der Waals surface area contributed by atoms with Crippen molar-refractivity contribution < 1.29 is 14.3 Å². The number of halogens is 1. The molecule has 2 heterocycles. The Bertz CT molecular complexity index is 1480. The number of benzene rings is 3. The van der Waals surface area contributed by atoms with E-state index in [4.69, 9.17) is 21.1 Å². The average molecular weight is 645 g/mol. The Morgan fingerprint density at radius 2 is 1.59 bits per heavy atom. The standard InChI is InChI=1S/C38H49ClN4O3/c1-26(2)46-36-24-34-29(22-35(36)45-5)23-37(44)43(38(34)28-8-10-30(39)11-9-28)33-16-14-31(15-17-33)41(4)25-27-6-12-32(13-7-27)42-20-18-40(3)19-21-42/h8-11,14-17,22,24,26-27,32,38H,6-7,12-13,18-21,23,25H2,1-5H3. The third-order valence-corrected chi connectivity index (χ3v) is 10.4. The lowest BCUT2D eigenvalue weighted by Crippen LogP contribution is -2.50. The zero-order valence-corrected chi connectivity index (χ0v) is 28.8. The van der Waals surface area contributed by atoms with E-state index >= 15 is 0 Å². The van der Waals surface area contributed by atoms with Gasteiger partial charge in [-0.1, -0.05) is 23.7 Å². The normalized spacial score (nSPS) is 22.5. The topological polar surface area (TPSA) is 48.5 Å². The van der Waals surface area contributed by atoms with Gasteiger partial charge in [0.1, 0.15) is 0 Å². The minimum atomic E-state index is -0.326. The molecule has 1 amide bonds. The van der Waals surface area contributed by atoms with Crippen molar-refractivity contribution in [1.29, 1.82) is 0 Å². The molecule has 1 saturated heterocycles. The second kappa shape index (κ2) is 14.2. The third kappa shape index (κ3) is 7.17. The average Bonchev–Trinajstić information content (AvgIpc) is 3.05. The Morgan fingerprint density at radius 3 is 2.22 bits per heavy atom. The van der Waals surface area contributed by atoms with Gasteiger partial charge in [0.15, 0.2) is 11.5 Å². The van der Waals surface area contributed by atoms with Crippen molar-refractivity contribution in [2.24, 2.45) is 5.92 Å². The molecule has 1 unspecified atom stereocenters. The van der Waals surface area contributed by atoms with Crippen molar-refractivity contribution in [3.8, 4) is 11.5 Å². The number of piperazine rings is 1. The summed E-state index contributed by atoms with van der Waals surface area (Å²) >= 11 is 6.29. The second-order valence-electron chi connectivity index (χ2n) is 13.7. The molecule has 7 nitrogen and oxygen atoms in total. The number of amides is 1. The minimum absolute atomic E-state index is 0.0150. The number of rotatable bonds is 9. The van der Waals surface area contributed by atoms with Crippen LogP contribution < -0.4 is 19.3 Å². The summed E-state index contributed by atoms with van der Waals surface area (Å²) in [5.74, 6) is 2.08. The number of carbonyl (C=O) groups is 1. The Labute approximate surface area is 280 Å². The second-order valence-corrected chi connectivity index (χ2v) is 14.1. The fraction of sp³-hybridized carbons (Fsp3) is 0.500. The number of anilines is 2. The van der Waals surface area contributed by atoms with E-state index in [-0.39, 0.29) is 24.5 Å². The van der Waals surface area contributed by atoms with E-state index in [1.807, 2.05) is 55.1 Å². The Morgan fingerprint density at radius 1 is 0.913 bits per heavy atom. The summed E-state index contributed by atoms with van der Waals surface area (Å²) in [6.07, 6.45) is 5.46. The molecule has 0 aromatic heterocycles. The molecule has 0 N–H and O–H groups in total. The van der Waals surface area contributed by atoms with Gasteiger partial charge in [-0.25, -0.2) is 0 Å². The molecule has 1 aliphatic carbocycles. The Hall–Kier alpha value is -3.26. The van der Waals surface area contributed by atoms with Crippen molar-refractivity contribution in [3.63, 3.8) is 0 Å². The Kier molecular flexibility index (Phi) is 10.1. The van der Waals surface area contributed by atoms with E-state index in [0.29, 0.717) is 22.4 Å². The molecule has 3 aliphatic rings. The monoisotopic (exact) mass is 644 g/mol. The third-order valence-electron chi connectivity index (χ3n) is 10.1. The number of ether oxygens (including phenoxy) is 2. The first-order valence-electron chi connectivity index (χ1n) is 16.9. The summed E-state index contributed by atoms with van der Waals surface area (Å²) in [4.78, 5) is 23.4. The van der Waals surface area contributed by atoms with Gasteiger partial charge in [0.2, 0.25) is 5.91 Å². The molecule has 8 heteroatoms. The van der Waals surface area contributed by atoms with Crippen LogP contribution in [0, 0.1) is 5.92 Å². The summed E-state index contributed by atoms with van der Waals surface area (Å²) in [7, 11) is 6.07. The van der Waals surface area contributed by atoms with Crippen molar-refractivity contribution >= 4 is 28.9 Å². The van der Waals surface area contributed by atoms with Crippen LogP contribution in [0.1, 0.15) is 62.3 Å². The number of carbonyl (C=O) groups excluding carboxylic acids is 1. The quantitative estimate of drug-likeness (QED) is 0.249. The van der Waals surface area contributed by atoms with Crippen molar-refractivity contribution in [1.82, 2.24) is 9.80 Å². The predicted octanol–water partition coefficient (Wildman–Crippen LogP) is 7.06. The van der Waals surface area contributed by atoms with Gasteiger partial charge in [-0.2, -0.15) is 0 Å². The maximum absolute atomic E-state index is 13.9. The fourth-order valence-corrected chi connectivity index (χ4v) is 7.69. The van der Waals surface area contributed by atoms with Crippen molar-refractivity contribution in [2.75, 3.05) is 63.7 Å². The van der Waals surface area contributed by atoms with Crippen LogP contribution in [0.15, 0.2) is 60.7 Å². The zero-order valence-electron chi connectivity index (χ0n) is 28.0. The van der Waals surface area contributed by atoms with Crippen molar-refractivity contribution in [2.45, 2.75) is 64.1 Å².